The van der Waals surface area contributed by atoms with Crippen molar-refractivity contribution >= 4 is 11.9 Å². The van der Waals surface area contributed by atoms with Crippen LogP contribution in [0.4, 0.5) is 13.2 Å². The molecule has 0 saturated heterocycles. The van der Waals surface area contributed by atoms with Gasteiger partial charge in [0.1, 0.15) is 9.85 Å². The van der Waals surface area contributed by atoms with Crippen molar-refractivity contribution in [1.82, 2.24) is 0 Å². The van der Waals surface area contributed by atoms with Gasteiger partial charge in [0.2, 0.25) is 0 Å². The minimum absolute atomic E-state index is 0.107. The number of carboxylic acids is 1. The Kier molecular flexibility index (Phi) is 4.38. The summed E-state index contributed by atoms with van der Waals surface area (Å²) in [6.45, 7) is 0.107. The van der Waals surface area contributed by atoms with Gasteiger partial charge in [0.25, 0.3) is 0 Å². The Labute approximate surface area is 101 Å². The minimum Gasteiger partial charge on any atom is -0.478 e. The van der Waals surface area contributed by atoms with E-state index >= 15 is 0 Å². The van der Waals surface area contributed by atoms with Gasteiger partial charge >= 0.3 is 29.9 Å². The van der Waals surface area contributed by atoms with Crippen molar-refractivity contribution in [3.63, 3.8) is 0 Å². The molecule has 0 rings (SSSR count). The molecule has 0 amide bonds. The molecule has 19 heavy (non-hydrogen) atoms. The molecule has 0 aromatic heterocycles. The van der Waals surface area contributed by atoms with E-state index in [1.165, 1.54) is 0 Å². The van der Waals surface area contributed by atoms with E-state index in [1.807, 2.05) is 0 Å². The fourth-order valence-electron chi connectivity index (χ4n) is 0.828. The highest BCUT2D eigenvalue weighted by atomic mass is 19.4. The smallest absolute Gasteiger partial charge is 0.478 e. The zero-order valence-corrected chi connectivity index (χ0v) is 8.91. The monoisotopic (exact) mass is 290 g/mol. The predicted molar refractivity (Wildman–Crippen MR) is 46.0 cm³/mol. The van der Waals surface area contributed by atoms with E-state index in [-0.39, 0.29) is 6.92 Å². The number of carbonyl (C=O) groups is 2. The van der Waals surface area contributed by atoms with E-state index in [1.54, 1.807) is 0 Å². The molecule has 0 aliphatic heterocycles. The molecule has 0 bridgehead atoms. The van der Waals surface area contributed by atoms with Crippen molar-refractivity contribution < 1.29 is 42.5 Å². The van der Waals surface area contributed by atoms with E-state index in [4.69, 9.17) is 5.11 Å². The first-order chi connectivity index (χ1) is 8.35. The van der Waals surface area contributed by atoms with E-state index in [9.17, 15) is 43.0 Å². The molecule has 0 spiro atoms. The Morgan fingerprint density at radius 2 is 1.58 bits per heavy atom. The van der Waals surface area contributed by atoms with E-state index in [0.29, 0.717) is 0 Å². The van der Waals surface area contributed by atoms with Gasteiger partial charge in [-0.3, -0.25) is 20.2 Å². The highest BCUT2D eigenvalue weighted by Gasteiger charge is 2.66. The summed E-state index contributed by atoms with van der Waals surface area (Å²) in [5, 5.41) is 29.4. The summed E-state index contributed by atoms with van der Waals surface area (Å²) < 4.78 is 38.9. The fourth-order valence-corrected chi connectivity index (χ4v) is 0.828. The molecule has 0 aromatic rings. The molecule has 1 atom stereocenters. The number of ether oxygens (including phenoxy) is 1. The maximum absolute atomic E-state index is 11.9. The van der Waals surface area contributed by atoms with Crippen molar-refractivity contribution in [1.29, 1.82) is 0 Å². The Hall–Kier alpha value is -2.47. The molecule has 108 valence electrons. The highest BCUT2D eigenvalue weighted by molar-refractivity contribution is 5.81. The number of carbonyl (C=O) groups excluding carboxylic acids is 1. The number of esters is 1. The van der Waals surface area contributed by atoms with Crippen LogP contribution in [0.25, 0.3) is 0 Å². The summed E-state index contributed by atoms with van der Waals surface area (Å²) in [6, 6.07) is 0. The van der Waals surface area contributed by atoms with Crippen LogP contribution in [0.1, 0.15) is 6.92 Å². The molecule has 0 aliphatic carbocycles. The highest BCUT2D eigenvalue weighted by Crippen LogP contribution is 2.24. The summed E-state index contributed by atoms with van der Waals surface area (Å²) in [5.74, 6) is -5.55. The van der Waals surface area contributed by atoms with Gasteiger partial charge in [-0.15, -0.1) is 0 Å². The van der Waals surface area contributed by atoms with E-state index in [2.05, 4.69) is 4.74 Å². The van der Waals surface area contributed by atoms with Crippen LogP contribution in [0.5, 0.6) is 0 Å². The number of aliphatic carboxylic acids is 1. The number of rotatable bonds is 5. The largest absolute Gasteiger partial charge is 0.502 e. The van der Waals surface area contributed by atoms with Crippen LogP contribution < -0.4 is 0 Å². The third-order valence-corrected chi connectivity index (χ3v) is 1.92. The number of nitro groups is 2. The van der Waals surface area contributed by atoms with Gasteiger partial charge in [0.15, 0.2) is 0 Å². The lowest BCUT2D eigenvalue weighted by atomic mass is 10.1. The molecule has 0 aromatic carbocycles. The molecular weight excluding hydrogens is 285 g/mol. The van der Waals surface area contributed by atoms with E-state index < -0.39 is 39.7 Å². The van der Waals surface area contributed by atoms with Crippen LogP contribution >= 0.6 is 0 Å². The quantitative estimate of drug-likeness (QED) is 0.317. The fraction of sp³-hybridized carbons (Fsp3) is 0.667. The van der Waals surface area contributed by atoms with Crippen LogP contribution in [0.15, 0.2) is 0 Å². The zero-order chi connectivity index (χ0) is 15.6. The first-order valence-corrected chi connectivity index (χ1v) is 4.14. The van der Waals surface area contributed by atoms with E-state index in [0.717, 1.165) is 0 Å². The maximum atomic E-state index is 11.9. The van der Waals surface area contributed by atoms with Gasteiger partial charge in [0, 0.05) is 0 Å². The lowest BCUT2D eigenvalue weighted by molar-refractivity contribution is -0.798. The molecular formula is C6H5F3N2O8. The second-order valence-corrected chi connectivity index (χ2v) is 3.23. The van der Waals surface area contributed by atoms with Gasteiger partial charge in [-0.2, -0.15) is 13.2 Å². The number of hydrogen-bond donors (Lipinski definition) is 1. The maximum Gasteiger partial charge on any atom is 0.502 e. The topological polar surface area (TPSA) is 150 Å². The molecule has 0 saturated carbocycles. The average Bonchev–Trinajstić information content (AvgIpc) is 2.21. The molecule has 1 N–H and O–H groups in total. The second-order valence-electron chi connectivity index (χ2n) is 3.23. The minimum atomic E-state index is -5.65. The average molecular weight is 290 g/mol. The normalized spacial score (nSPS) is 13.5. The van der Waals surface area contributed by atoms with Gasteiger partial charge in [0.05, 0.1) is 6.92 Å². The number of halogens is 3. The third kappa shape index (κ3) is 3.26. The van der Waals surface area contributed by atoms with Crippen LogP contribution in [0.3, 0.4) is 0 Å². The first kappa shape index (κ1) is 16.5. The van der Waals surface area contributed by atoms with Crippen LogP contribution in [0.2, 0.25) is 0 Å². The van der Waals surface area contributed by atoms with Crippen LogP contribution in [0, 0.1) is 20.2 Å². The van der Waals surface area contributed by atoms with Crippen LogP contribution in [-0.2, 0) is 14.3 Å². The summed E-state index contributed by atoms with van der Waals surface area (Å²) in [4.78, 5) is 38.4. The first-order valence-electron chi connectivity index (χ1n) is 4.14. The van der Waals surface area contributed by atoms with Crippen molar-refractivity contribution in [3.05, 3.63) is 20.2 Å². The van der Waals surface area contributed by atoms with Crippen molar-refractivity contribution in [3.8, 4) is 0 Å². The summed E-state index contributed by atoms with van der Waals surface area (Å²) >= 11 is 0. The van der Waals surface area contributed by atoms with Gasteiger partial charge in [-0.05, 0) is 0 Å². The molecule has 10 nitrogen and oxygen atoms in total. The van der Waals surface area contributed by atoms with Crippen molar-refractivity contribution in [2.75, 3.05) is 0 Å². The predicted octanol–water partition coefficient (Wildman–Crippen LogP) is -0.185. The van der Waals surface area contributed by atoms with Crippen molar-refractivity contribution in [2.24, 2.45) is 0 Å². The van der Waals surface area contributed by atoms with Gasteiger partial charge < -0.3 is 9.84 Å². The molecule has 0 heterocycles. The number of hydrogen-bond acceptors (Lipinski definition) is 7. The number of carboxylic acid groups (broad SMARTS) is 1. The number of alkyl halides is 3. The summed E-state index contributed by atoms with van der Waals surface area (Å²) in [5.41, 5.74) is -3.66. The molecule has 1 unspecified atom stereocenters. The third-order valence-electron chi connectivity index (χ3n) is 1.92. The Bertz CT molecular complexity index is 419. The Morgan fingerprint density at radius 1 is 1.21 bits per heavy atom. The zero-order valence-electron chi connectivity index (χ0n) is 8.91. The lowest BCUT2D eigenvalue weighted by Gasteiger charge is -2.19. The SMILES string of the molecule is CC(C(OC(=O)C(F)(F)F)C(=O)O)([N+](=O)[O-])[N+](=O)[O-]. The molecule has 0 radical (unpaired) electrons. The van der Waals surface area contributed by atoms with Crippen LogP contribution in [-0.4, -0.2) is 44.8 Å². The van der Waals surface area contributed by atoms with Gasteiger partial charge in [-0.25, -0.2) is 9.59 Å². The molecule has 0 aliphatic rings. The van der Waals surface area contributed by atoms with Crippen molar-refractivity contribution in [2.45, 2.75) is 24.9 Å². The lowest BCUT2D eigenvalue weighted by Crippen LogP contribution is -2.58. The Morgan fingerprint density at radius 3 is 1.79 bits per heavy atom. The second kappa shape index (κ2) is 5.03. The summed E-state index contributed by atoms with van der Waals surface area (Å²) in [6.07, 6.45) is -8.89. The number of nitrogens with zero attached hydrogens (tertiary/aromatic N) is 2. The van der Waals surface area contributed by atoms with Gasteiger partial charge in [-0.1, -0.05) is 0 Å². The Balaban J connectivity index is 5.57. The standard InChI is InChI=1S/C6H5F3N2O8/c1-5(10(15)16,11(17)18)2(3(12)13)19-4(14)6(7,8)9/h2H,1H3,(H,12,13). The summed E-state index contributed by atoms with van der Waals surface area (Å²) in [7, 11) is 0. The molecule has 13 heteroatoms. The molecule has 0 fully saturated rings.